The Balaban J connectivity index is 2.09. The Morgan fingerprint density at radius 2 is 2.29 bits per heavy atom. The summed E-state index contributed by atoms with van der Waals surface area (Å²) in [7, 11) is 1.95. The molecule has 3 atom stereocenters. The van der Waals surface area contributed by atoms with E-state index in [2.05, 4.69) is 18.3 Å². The van der Waals surface area contributed by atoms with E-state index in [0.29, 0.717) is 0 Å². The van der Waals surface area contributed by atoms with E-state index in [9.17, 15) is 4.39 Å². The van der Waals surface area contributed by atoms with Crippen LogP contribution in [-0.2, 0) is 0 Å². The van der Waals surface area contributed by atoms with Gasteiger partial charge in [-0.15, -0.1) is 0 Å². The molecule has 0 aromatic carbocycles. The predicted octanol–water partition coefficient (Wildman–Crippen LogP) is 2.82. The zero-order valence-corrected chi connectivity index (χ0v) is 9.15. The van der Waals surface area contributed by atoms with E-state index in [0.717, 1.165) is 12.8 Å². The molecule has 0 amide bonds. The largest absolute Gasteiger partial charge is 0.313 e. The molecule has 1 saturated carbocycles. The summed E-state index contributed by atoms with van der Waals surface area (Å²) in [4.78, 5) is 0. The van der Waals surface area contributed by atoms with E-state index in [-0.39, 0.29) is 11.5 Å². The molecule has 1 N–H and O–H groups in total. The highest BCUT2D eigenvalue weighted by Crippen LogP contribution is 2.53. The minimum atomic E-state index is -0.595. The van der Waals surface area contributed by atoms with Crippen LogP contribution in [0, 0.1) is 5.41 Å². The average molecular weight is 197 g/mol. The lowest BCUT2D eigenvalue weighted by Gasteiger charge is -2.28. The summed E-state index contributed by atoms with van der Waals surface area (Å²) in [5, 5.41) is 3.30. The van der Waals surface area contributed by atoms with Crippen molar-refractivity contribution in [3.05, 3.63) is 11.6 Å². The van der Waals surface area contributed by atoms with Crippen molar-refractivity contribution in [2.45, 2.75) is 51.2 Å². The highest BCUT2D eigenvalue weighted by atomic mass is 19.1. The first-order chi connectivity index (χ1) is 6.68. The fraction of sp³-hybridized carbons (Fsp3) is 0.833. The van der Waals surface area contributed by atoms with Crippen LogP contribution < -0.4 is 5.32 Å². The first-order valence-corrected chi connectivity index (χ1v) is 5.69. The highest BCUT2D eigenvalue weighted by Gasteiger charge is 2.56. The van der Waals surface area contributed by atoms with Crippen molar-refractivity contribution in [3.63, 3.8) is 0 Å². The third-order valence-corrected chi connectivity index (χ3v) is 3.82. The standard InChI is InChI=1S/C12H20FN/c1-12(8-10(12)13)11(14-2)9-6-4-3-5-7-9/h6,10-11,14H,3-5,7-8H2,1-2H3. The van der Waals surface area contributed by atoms with Gasteiger partial charge >= 0.3 is 0 Å². The van der Waals surface area contributed by atoms with Gasteiger partial charge in [0.15, 0.2) is 0 Å². The molecular weight excluding hydrogens is 177 g/mol. The van der Waals surface area contributed by atoms with Crippen molar-refractivity contribution in [1.29, 1.82) is 0 Å². The molecule has 3 unspecified atom stereocenters. The van der Waals surface area contributed by atoms with Crippen LogP contribution in [0.1, 0.15) is 39.0 Å². The Morgan fingerprint density at radius 3 is 2.71 bits per heavy atom. The lowest BCUT2D eigenvalue weighted by atomic mass is 9.85. The molecule has 0 saturated heterocycles. The molecule has 0 aliphatic heterocycles. The first-order valence-electron chi connectivity index (χ1n) is 5.69. The molecule has 2 aliphatic rings. The molecule has 80 valence electrons. The molecule has 0 aromatic rings. The highest BCUT2D eigenvalue weighted by molar-refractivity contribution is 5.23. The second-order valence-electron chi connectivity index (χ2n) is 4.92. The van der Waals surface area contributed by atoms with Gasteiger partial charge in [0, 0.05) is 11.5 Å². The molecule has 0 radical (unpaired) electrons. The number of likely N-dealkylation sites (N-methyl/N-ethyl adjacent to an activating group) is 1. The SMILES string of the molecule is CNC(C1=CCCCC1)C1(C)CC1F. The maximum Gasteiger partial charge on any atom is 0.108 e. The fourth-order valence-corrected chi connectivity index (χ4v) is 2.69. The quantitative estimate of drug-likeness (QED) is 0.686. The summed E-state index contributed by atoms with van der Waals surface area (Å²) < 4.78 is 13.3. The summed E-state index contributed by atoms with van der Waals surface area (Å²) in [5.74, 6) is 0. The second kappa shape index (κ2) is 3.65. The Kier molecular flexibility index (Phi) is 2.65. The van der Waals surface area contributed by atoms with E-state index in [4.69, 9.17) is 0 Å². The van der Waals surface area contributed by atoms with Crippen LogP contribution in [0.25, 0.3) is 0 Å². The molecule has 0 bridgehead atoms. The van der Waals surface area contributed by atoms with Gasteiger partial charge in [-0.05, 0) is 39.2 Å². The van der Waals surface area contributed by atoms with Gasteiger partial charge in [0.05, 0.1) is 0 Å². The topological polar surface area (TPSA) is 12.0 Å². The Bertz CT molecular complexity index is 249. The van der Waals surface area contributed by atoms with Gasteiger partial charge in [-0.1, -0.05) is 18.6 Å². The van der Waals surface area contributed by atoms with Gasteiger partial charge in [0.1, 0.15) is 6.17 Å². The molecule has 0 heterocycles. The van der Waals surface area contributed by atoms with E-state index in [1.54, 1.807) is 0 Å². The number of allylic oxidation sites excluding steroid dienone is 1. The fourth-order valence-electron chi connectivity index (χ4n) is 2.69. The van der Waals surface area contributed by atoms with Crippen molar-refractivity contribution in [1.82, 2.24) is 5.32 Å². The van der Waals surface area contributed by atoms with Gasteiger partial charge in [-0.2, -0.15) is 0 Å². The van der Waals surface area contributed by atoms with Gasteiger partial charge in [-0.3, -0.25) is 0 Å². The molecule has 2 heteroatoms. The zero-order valence-electron chi connectivity index (χ0n) is 9.15. The van der Waals surface area contributed by atoms with Crippen LogP contribution in [0.15, 0.2) is 11.6 Å². The van der Waals surface area contributed by atoms with E-state index < -0.39 is 6.17 Å². The number of rotatable bonds is 3. The lowest BCUT2D eigenvalue weighted by Crippen LogP contribution is -2.37. The minimum absolute atomic E-state index is 0.113. The average Bonchev–Trinajstić information content (AvgIpc) is 2.78. The van der Waals surface area contributed by atoms with Crippen molar-refractivity contribution in [3.8, 4) is 0 Å². The minimum Gasteiger partial charge on any atom is -0.313 e. The van der Waals surface area contributed by atoms with Crippen molar-refractivity contribution < 1.29 is 4.39 Å². The van der Waals surface area contributed by atoms with Crippen molar-refractivity contribution in [2.75, 3.05) is 7.05 Å². The predicted molar refractivity (Wildman–Crippen MR) is 57.0 cm³/mol. The summed E-state index contributed by atoms with van der Waals surface area (Å²) in [6.45, 7) is 2.06. The van der Waals surface area contributed by atoms with E-state index in [1.807, 2.05) is 7.05 Å². The van der Waals surface area contributed by atoms with Gasteiger partial charge < -0.3 is 5.32 Å². The van der Waals surface area contributed by atoms with Crippen LogP contribution in [0.4, 0.5) is 4.39 Å². The lowest BCUT2D eigenvalue weighted by molar-refractivity contribution is 0.318. The Hall–Kier alpha value is -0.370. The number of alkyl halides is 1. The maximum absolute atomic E-state index is 13.3. The Morgan fingerprint density at radius 1 is 1.57 bits per heavy atom. The van der Waals surface area contributed by atoms with Gasteiger partial charge in [-0.25, -0.2) is 4.39 Å². The van der Waals surface area contributed by atoms with Crippen LogP contribution in [-0.4, -0.2) is 19.3 Å². The van der Waals surface area contributed by atoms with Gasteiger partial charge in [0.2, 0.25) is 0 Å². The van der Waals surface area contributed by atoms with E-state index >= 15 is 0 Å². The van der Waals surface area contributed by atoms with Gasteiger partial charge in [0.25, 0.3) is 0 Å². The monoisotopic (exact) mass is 197 g/mol. The molecule has 14 heavy (non-hydrogen) atoms. The Labute approximate surface area is 85.8 Å². The van der Waals surface area contributed by atoms with Crippen LogP contribution >= 0.6 is 0 Å². The number of hydrogen-bond donors (Lipinski definition) is 1. The molecule has 2 rings (SSSR count). The first kappa shape index (κ1) is 10.2. The van der Waals surface area contributed by atoms with Crippen LogP contribution in [0.2, 0.25) is 0 Å². The van der Waals surface area contributed by atoms with E-state index in [1.165, 1.54) is 24.8 Å². The van der Waals surface area contributed by atoms with Crippen LogP contribution in [0.5, 0.6) is 0 Å². The molecule has 1 fully saturated rings. The summed E-state index contributed by atoms with van der Waals surface area (Å²) in [5.41, 5.74) is 1.33. The molecular formula is C12H20FN. The third-order valence-electron chi connectivity index (χ3n) is 3.82. The van der Waals surface area contributed by atoms with Crippen LogP contribution in [0.3, 0.4) is 0 Å². The molecule has 0 aromatic heterocycles. The molecule has 2 aliphatic carbocycles. The third kappa shape index (κ3) is 1.60. The smallest absolute Gasteiger partial charge is 0.108 e. The summed E-state index contributed by atoms with van der Waals surface area (Å²) >= 11 is 0. The normalized spacial score (nSPS) is 39.1. The zero-order chi connectivity index (χ0) is 10.2. The second-order valence-corrected chi connectivity index (χ2v) is 4.92. The molecule has 0 spiro atoms. The summed E-state index contributed by atoms with van der Waals surface area (Å²) in [6, 6.07) is 0.276. The number of nitrogens with one attached hydrogen (secondary N) is 1. The maximum atomic E-state index is 13.3. The number of halogens is 1. The molecule has 1 nitrogen and oxygen atoms in total. The number of hydrogen-bond acceptors (Lipinski definition) is 1. The summed E-state index contributed by atoms with van der Waals surface area (Å²) in [6.07, 6.45) is 7.38. The van der Waals surface area contributed by atoms with Crippen molar-refractivity contribution in [2.24, 2.45) is 5.41 Å². The van der Waals surface area contributed by atoms with Crippen molar-refractivity contribution >= 4 is 0 Å².